The third kappa shape index (κ3) is 2.75. The van der Waals surface area contributed by atoms with E-state index in [1.54, 1.807) is 24.3 Å². The highest BCUT2D eigenvalue weighted by Gasteiger charge is 2.17. The first-order chi connectivity index (χ1) is 11.1. The molecule has 0 saturated heterocycles. The van der Waals surface area contributed by atoms with Crippen LogP contribution in [0.1, 0.15) is 12.2 Å². The van der Waals surface area contributed by atoms with Crippen LogP contribution in [0.4, 0.5) is 8.78 Å². The molecule has 5 nitrogen and oxygen atoms in total. The summed E-state index contributed by atoms with van der Waals surface area (Å²) >= 11 is 8.72. The van der Waals surface area contributed by atoms with Gasteiger partial charge in [0.25, 0.3) is 6.43 Å². The highest BCUT2D eigenvalue weighted by molar-refractivity contribution is 8.01. The maximum Gasteiger partial charge on any atom is 0.299 e. The minimum absolute atomic E-state index is 0.278. The number of benzene rings is 1. The molecule has 0 unspecified atom stereocenters. The monoisotopic (exact) mass is 369 g/mol. The molecule has 4 rings (SSSR count). The topological polar surface area (TPSA) is 56.0 Å². The van der Waals surface area contributed by atoms with Gasteiger partial charge in [-0.3, -0.25) is 0 Å². The quantitative estimate of drug-likeness (QED) is 0.533. The van der Waals surface area contributed by atoms with Crippen LogP contribution in [0.2, 0.25) is 5.02 Å². The molecule has 116 valence electrons. The van der Waals surface area contributed by atoms with E-state index in [1.807, 2.05) is 6.07 Å². The summed E-state index contributed by atoms with van der Waals surface area (Å²) in [6.45, 7) is 0. The molecule has 0 aliphatic heterocycles. The predicted molar refractivity (Wildman–Crippen MR) is 84.5 cm³/mol. The first-order valence-corrected chi connectivity index (χ1v) is 8.36. The Balaban J connectivity index is 1.71. The molecule has 0 radical (unpaired) electrons. The van der Waals surface area contributed by atoms with E-state index < -0.39 is 12.2 Å². The van der Waals surface area contributed by atoms with Gasteiger partial charge in [0.05, 0.1) is 10.2 Å². The molecule has 0 fully saturated rings. The third-order valence-corrected chi connectivity index (χ3v) is 5.24. The van der Waals surface area contributed by atoms with Crippen molar-refractivity contribution < 1.29 is 8.78 Å². The van der Waals surface area contributed by atoms with Crippen molar-refractivity contribution in [2.24, 2.45) is 0 Å². The van der Waals surface area contributed by atoms with E-state index in [4.69, 9.17) is 11.6 Å². The standard InChI is InChI=1S/C13H6ClF2N5S2/c14-6-1-2-8-7(5-6)17-13(22-8)23-10-4-3-9-18-19-12(11(15)16)21(9)20-10/h1-5,11H. The summed E-state index contributed by atoms with van der Waals surface area (Å²) in [7, 11) is 0. The highest BCUT2D eigenvalue weighted by Crippen LogP contribution is 2.34. The van der Waals surface area contributed by atoms with Gasteiger partial charge in [-0.2, -0.15) is 9.61 Å². The fourth-order valence-electron chi connectivity index (χ4n) is 1.99. The van der Waals surface area contributed by atoms with Crippen molar-refractivity contribution in [3.8, 4) is 0 Å². The molecular formula is C13H6ClF2N5S2. The van der Waals surface area contributed by atoms with Crippen molar-refractivity contribution in [2.75, 3.05) is 0 Å². The fraction of sp³-hybridized carbons (Fsp3) is 0.0769. The molecule has 3 heterocycles. The zero-order valence-corrected chi connectivity index (χ0v) is 13.5. The number of halogens is 3. The van der Waals surface area contributed by atoms with Gasteiger partial charge in [0.2, 0.25) is 5.82 Å². The smallest absolute Gasteiger partial charge is 0.229 e. The van der Waals surface area contributed by atoms with Crippen molar-refractivity contribution in [1.29, 1.82) is 0 Å². The SMILES string of the molecule is FC(F)c1nnc2ccc(Sc3nc4cc(Cl)ccc4s3)nn12. The summed E-state index contributed by atoms with van der Waals surface area (Å²) < 4.78 is 28.5. The zero-order valence-electron chi connectivity index (χ0n) is 11.2. The van der Waals surface area contributed by atoms with Gasteiger partial charge in [-0.1, -0.05) is 11.6 Å². The molecule has 0 bridgehead atoms. The molecule has 0 saturated carbocycles. The Bertz CT molecular complexity index is 1020. The van der Waals surface area contributed by atoms with Gasteiger partial charge in [0.15, 0.2) is 9.99 Å². The minimum atomic E-state index is -2.73. The second-order valence-electron chi connectivity index (χ2n) is 4.49. The Morgan fingerprint density at radius 1 is 1.17 bits per heavy atom. The number of aromatic nitrogens is 5. The van der Waals surface area contributed by atoms with Crippen LogP contribution in [-0.4, -0.2) is 24.8 Å². The van der Waals surface area contributed by atoms with Crippen LogP contribution in [0, 0.1) is 0 Å². The average molecular weight is 370 g/mol. The van der Waals surface area contributed by atoms with Crippen LogP contribution in [-0.2, 0) is 0 Å². The number of rotatable bonds is 3. The molecular weight excluding hydrogens is 364 g/mol. The first kappa shape index (κ1) is 14.7. The van der Waals surface area contributed by atoms with Gasteiger partial charge in [-0.05, 0) is 42.1 Å². The van der Waals surface area contributed by atoms with Crippen molar-refractivity contribution in [3.05, 3.63) is 41.2 Å². The zero-order chi connectivity index (χ0) is 16.0. The minimum Gasteiger partial charge on any atom is -0.229 e. The van der Waals surface area contributed by atoms with E-state index in [2.05, 4.69) is 20.3 Å². The molecule has 0 N–H and O–H groups in total. The van der Waals surface area contributed by atoms with Gasteiger partial charge in [0.1, 0.15) is 5.03 Å². The molecule has 0 atom stereocenters. The summed E-state index contributed by atoms with van der Waals surface area (Å²) in [5.41, 5.74) is 1.07. The third-order valence-electron chi connectivity index (χ3n) is 2.98. The van der Waals surface area contributed by atoms with Crippen LogP contribution < -0.4 is 0 Å². The molecule has 4 aromatic rings. The first-order valence-electron chi connectivity index (χ1n) is 6.34. The van der Waals surface area contributed by atoms with Gasteiger partial charge in [-0.15, -0.1) is 21.5 Å². The lowest BCUT2D eigenvalue weighted by molar-refractivity contribution is 0.137. The van der Waals surface area contributed by atoms with E-state index in [-0.39, 0.29) is 5.65 Å². The summed E-state index contributed by atoms with van der Waals surface area (Å²) in [6.07, 6.45) is -2.73. The second kappa shape index (κ2) is 5.66. The average Bonchev–Trinajstić information content (AvgIpc) is 3.09. The van der Waals surface area contributed by atoms with E-state index in [9.17, 15) is 8.78 Å². The van der Waals surface area contributed by atoms with Crippen LogP contribution in [0.5, 0.6) is 0 Å². The second-order valence-corrected chi connectivity index (χ2v) is 7.23. The number of hydrogen-bond acceptors (Lipinski definition) is 6. The lowest BCUT2D eigenvalue weighted by Crippen LogP contribution is -2.00. The van der Waals surface area contributed by atoms with Crippen molar-refractivity contribution >= 4 is 50.6 Å². The Morgan fingerprint density at radius 3 is 2.87 bits per heavy atom. The van der Waals surface area contributed by atoms with Crippen molar-refractivity contribution in [1.82, 2.24) is 24.8 Å². The Labute approximate surface area is 141 Å². The number of thiazole rings is 1. The van der Waals surface area contributed by atoms with Crippen molar-refractivity contribution in [3.63, 3.8) is 0 Å². The molecule has 0 amide bonds. The van der Waals surface area contributed by atoms with E-state index in [0.29, 0.717) is 10.0 Å². The van der Waals surface area contributed by atoms with E-state index >= 15 is 0 Å². The van der Waals surface area contributed by atoms with E-state index in [0.717, 1.165) is 19.1 Å². The highest BCUT2D eigenvalue weighted by atomic mass is 35.5. The predicted octanol–water partition coefficient (Wildman–Crippen LogP) is 4.48. The van der Waals surface area contributed by atoms with Gasteiger partial charge in [-0.25, -0.2) is 13.8 Å². The van der Waals surface area contributed by atoms with Gasteiger partial charge >= 0.3 is 0 Å². The van der Waals surface area contributed by atoms with Gasteiger partial charge in [0, 0.05) is 5.02 Å². The number of hydrogen-bond donors (Lipinski definition) is 0. The lowest BCUT2D eigenvalue weighted by atomic mass is 10.3. The molecule has 1 aromatic carbocycles. The molecule has 0 aliphatic carbocycles. The number of nitrogens with zero attached hydrogens (tertiary/aromatic N) is 5. The molecule has 0 spiro atoms. The number of fused-ring (bicyclic) bond motifs is 2. The maximum atomic E-state index is 12.9. The van der Waals surface area contributed by atoms with Crippen LogP contribution >= 0.6 is 34.7 Å². The maximum absolute atomic E-state index is 12.9. The molecule has 3 aromatic heterocycles. The van der Waals surface area contributed by atoms with Crippen LogP contribution in [0.15, 0.2) is 39.7 Å². The summed E-state index contributed by atoms with van der Waals surface area (Å²) in [5.74, 6) is -0.474. The molecule has 0 aliphatic rings. The van der Waals surface area contributed by atoms with Crippen LogP contribution in [0.3, 0.4) is 0 Å². The Kier molecular flexibility index (Phi) is 3.63. The van der Waals surface area contributed by atoms with E-state index in [1.165, 1.54) is 23.1 Å². The normalized spacial score (nSPS) is 11.8. The molecule has 23 heavy (non-hydrogen) atoms. The largest absolute Gasteiger partial charge is 0.299 e. The fourth-order valence-corrected chi connectivity index (χ4v) is 4.11. The lowest BCUT2D eigenvalue weighted by Gasteiger charge is -2.00. The summed E-state index contributed by atoms with van der Waals surface area (Å²) in [5, 5.41) is 12.4. The van der Waals surface area contributed by atoms with Crippen molar-refractivity contribution in [2.45, 2.75) is 15.8 Å². The Hall–Kier alpha value is -1.84. The van der Waals surface area contributed by atoms with Crippen LogP contribution in [0.25, 0.3) is 15.9 Å². The summed E-state index contributed by atoms with van der Waals surface area (Å²) in [6, 6.07) is 8.77. The number of alkyl halides is 2. The summed E-state index contributed by atoms with van der Waals surface area (Å²) in [4.78, 5) is 4.46. The molecule has 10 heteroatoms. The van der Waals surface area contributed by atoms with Gasteiger partial charge < -0.3 is 0 Å². The Morgan fingerprint density at radius 2 is 2.04 bits per heavy atom.